The maximum atomic E-state index is 12.5. The zero-order chi connectivity index (χ0) is 17.8. The number of hydrogen-bond acceptors (Lipinski definition) is 6. The molecule has 0 saturated heterocycles. The van der Waals surface area contributed by atoms with Gasteiger partial charge in [0.1, 0.15) is 11.0 Å². The normalized spacial score (nSPS) is 12.1. The summed E-state index contributed by atoms with van der Waals surface area (Å²) in [6.07, 6.45) is 4.07. The maximum Gasteiger partial charge on any atom is 0.248 e. The van der Waals surface area contributed by atoms with Gasteiger partial charge < -0.3 is 5.32 Å². The average molecular weight is 377 g/mol. The monoisotopic (exact) mass is 376 g/mol. The van der Waals surface area contributed by atoms with Crippen LogP contribution in [0.25, 0.3) is 0 Å². The summed E-state index contributed by atoms with van der Waals surface area (Å²) in [7, 11) is 3.53. The second-order valence-corrected chi connectivity index (χ2v) is 6.96. The van der Waals surface area contributed by atoms with Crippen molar-refractivity contribution in [1.82, 2.24) is 25.3 Å². The van der Waals surface area contributed by atoms with E-state index >= 15 is 0 Å². The van der Waals surface area contributed by atoms with E-state index in [-0.39, 0.29) is 5.91 Å². The predicted octanol–water partition coefficient (Wildman–Crippen LogP) is 2.42. The highest BCUT2D eigenvalue weighted by Gasteiger charge is 2.21. The second kappa shape index (κ2) is 7.73. The Hall–Kier alpha value is -2.29. The molecule has 2 N–H and O–H groups in total. The number of nitrogens with zero attached hydrogens (tertiary/aromatic N) is 4. The van der Waals surface area contributed by atoms with Crippen molar-refractivity contribution in [2.24, 2.45) is 7.05 Å². The van der Waals surface area contributed by atoms with Crippen molar-refractivity contribution < 1.29 is 4.79 Å². The Morgan fingerprint density at radius 2 is 2.24 bits per heavy atom. The number of anilines is 1. The molecular weight excluding hydrogens is 360 g/mol. The van der Waals surface area contributed by atoms with E-state index in [0.29, 0.717) is 16.6 Å². The van der Waals surface area contributed by atoms with Crippen molar-refractivity contribution in [2.75, 3.05) is 12.4 Å². The van der Waals surface area contributed by atoms with Gasteiger partial charge in [-0.3, -0.25) is 14.8 Å². The molecule has 9 heteroatoms. The fourth-order valence-electron chi connectivity index (χ4n) is 2.41. The minimum Gasteiger partial charge on any atom is -0.305 e. The minimum atomic E-state index is -0.506. The van der Waals surface area contributed by atoms with Crippen molar-refractivity contribution >= 4 is 34.0 Å². The number of aromatic nitrogens is 4. The van der Waals surface area contributed by atoms with Crippen LogP contribution >= 0.6 is 22.9 Å². The van der Waals surface area contributed by atoms with E-state index in [2.05, 4.69) is 25.9 Å². The van der Waals surface area contributed by atoms with Crippen LogP contribution in [0, 0.1) is 0 Å². The molecule has 1 aromatic carbocycles. The molecule has 1 unspecified atom stereocenters. The van der Waals surface area contributed by atoms with E-state index in [1.807, 2.05) is 24.3 Å². The molecule has 0 bridgehead atoms. The quantitative estimate of drug-likeness (QED) is 0.690. The van der Waals surface area contributed by atoms with Crippen LogP contribution in [0.3, 0.4) is 0 Å². The van der Waals surface area contributed by atoms with Crippen molar-refractivity contribution in [2.45, 2.75) is 12.5 Å². The number of rotatable bonds is 6. The zero-order valence-corrected chi connectivity index (χ0v) is 15.3. The molecule has 0 radical (unpaired) electrons. The highest BCUT2D eigenvalue weighted by Crippen LogP contribution is 2.22. The Morgan fingerprint density at radius 1 is 1.40 bits per heavy atom. The highest BCUT2D eigenvalue weighted by atomic mass is 35.5. The fraction of sp³-hybridized carbons (Fsp3) is 0.250. The number of benzene rings is 1. The molecular formula is C16H17ClN6OS. The molecule has 0 spiro atoms. The number of amides is 1. The summed E-state index contributed by atoms with van der Waals surface area (Å²) in [6, 6.07) is 7.08. The van der Waals surface area contributed by atoms with Crippen LogP contribution < -0.4 is 10.6 Å². The van der Waals surface area contributed by atoms with Crippen LogP contribution in [-0.2, 0) is 18.3 Å². The third kappa shape index (κ3) is 4.41. The second-order valence-electron chi connectivity index (χ2n) is 5.47. The van der Waals surface area contributed by atoms with Gasteiger partial charge in [0.15, 0.2) is 0 Å². The van der Waals surface area contributed by atoms with Crippen LogP contribution in [0.1, 0.15) is 22.2 Å². The zero-order valence-electron chi connectivity index (χ0n) is 13.7. The van der Waals surface area contributed by atoms with E-state index < -0.39 is 6.04 Å². The number of nitrogens with one attached hydrogen (secondary N) is 2. The third-order valence-corrected chi connectivity index (χ3v) is 4.62. The number of likely N-dealkylation sites (N-methyl/N-ethyl adjacent to an activating group) is 1. The van der Waals surface area contributed by atoms with Gasteiger partial charge in [-0.1, -0.05) is 35.1 Å². The molecule has 25 heavy (non-hydrogen) atoms. The first-order valence-electron chi connectivity index (χ1n) is 7.58. The molecule has 1 amide bonds. The molecule has 3 aromatic rings. The topological polar surface area (TPSA) is 84.7 Å². The smallest absolute Gasteiger partial charge is 0.248 e. The van der Waals surface area contributed by atoms with Gasteiger partial charge in [0.2, 0.25) is 11.0 Å². The Morgan fingerprint density at radius 3 is 2.92 bits per heavy atom. The highest BCUT2D eigenvalue weighted by molar-refractivity contribution is 7.15. The van der Waals surface area contributed by atoms with E-state index in [0.717, 1.165) is 16.1 Å². The van der Waals surface area contributed by atoms with Gasteiger partial charge in [0, 0.05) is 30.3 Å². The molecule has 0 aliphatic carbocycles. The first-order valence-corrected chi connectivity index (χ1v) is 8.78. The van der Waals surface area contributed by atoms with Crippen molar-refractivity contribution in [3.63, 3.8) is 0 Å². The van der Waals surface area contributed by atoms with E-state index in [4.69, 9.17) is 11.6 Å². The summed E-state index contributed by atoms with van der Waals surface area (Å²) < 4.78 is 1.65. The number of hydrogen-bond donors (Lipinski definition) is 2. The summed E-state index contributed by atoms with van der Waals surface area (Å²) in [5.74, 6) is -0.207. The summed E-state index contributed by atoms with van der Waals surface area (Å²) in [6.45, 7) is 0. The lowest BCUT2D eigenvalue weighted by atomic mass is 10.1. The molecule has 0 fully saturated rings. The van der Waals surface area contributed by atoms with E-state index in [1.54, 1.807) is 31.2 Å². The molecule has 0 aliphatic rings. The number of aryl methyl sites for hydroxylation is 1. The van der Waals surface area contributed by atoms with Crippen LogP contribution in [0.5, 0.6) is 0 Å². The number of carbonyl (C=O) groups is 1. The lowest BCUT2D eigenvalue weighted by molar-refractivity contribution is -0.118. The largest absolute Gasteiger partial charge is 0.305 e. The summed E-state index contributed by atoms with van der Waals surface area (Å²) in [5.41, 5.74) is 1.83. The van der Waals surface area contributed by atoms with Gasteiger partial charge in [0.25, 0.3) is 0 Å². The summed E-state index contributed by atoms with van der Waals surface area (Å²) in [5, 5.41) is 20.0. The van der Waals surface area contributed by atoms with Gasteiger partial charge in [-0.05, 0) is 24.7 Å². The lowest BCUT2D eigenvalue weighted by Crippen LogP contribution is -2.30. The summed E-state index contributed by atoms with van der Waals surface area (Å²) >= 11 is 7.34. The molecule has 0 aliphatic heterocycles. The van der Waals surface area contributed by atoms with Crippen LogP contribution in [0.2, 0.25) is 5.02 Å². The first kappa shape index (κ1) is 17.5. The van der Waals surface area contributed by atoms with Crippen LogP contribution in [0.4, 0.5) is 5.13 Å². The van der Waals surface area contributed by atoms with Gasteiger partial charge in [-0.25, -0.2) is 0 Å². The van der Waals surface area contributed by atoms with Gasteiger partial charge in [-0.2, -0.15) is 5.10 Å². The van der Waals surface area contributed by atoms with Crippen molar-refractivity contribution in [1.29, 1.82) is 0 Å². The third-order valence-electron chi connectivity index (χ3n) is 3.55. The molecule has 2 heterocycles. The molecule has 0 saturated carbocycles. The maximum absolute atomic E-state index is 12.5. The Kier molecular flexibility index (Phi) is 5.42. The lowest BCUT2D eigenvalue weighted by Gasteiger charge is -2.12. The van der Waals surface area contributed by atoms with Crippen LogP contribution in [0.15, 0.2) is 36.7 Å². The predicted molar refractivity (Wildman–Crippen MR) is 97.8 cm³/mol. The Labute approximate surface area is 154 Å². The Balaban J connectivity index is 1.67. The first-order chi connectivity index (χ1) is 12.0. The van der Waals surface area contributed by atoms with Gasteiger partial charge >= 0.3 is 0 Å². The number of halogens is 1. The molecule has 2 aromatic heterocycles. The number of carbonyl (C=O) groups excluding carboxylic acids is 1. The standard InChI is InChI=1S/C16H17ClN6OS/c1-18-14(11-8-19-23(2)9-11)15(24)20-16-22-21-13(25-16)7-10-4-3-5-12(17)6-10/h3-6,8-9,14,18H,7H2,1-2H3,(H,20,22,24). The fourth-order valence-corrected chi connectivity index (χ4v) is 3.40. The van der Waals surface area contributed by atoms with Gasteiger partial charge in [0.05, 0.1) is 6.20 Å². The van der Waals surface area contributed by atoms with Crippen LogP contribution in [-0.4, -0.2) is 32.9 Å². The molecule has 7 nitrogen and oxygen atoms in total. The molecule has 130 valence electrons. The minimum absolute atomic E-state index is 0.207. The average Bonchev–Trinajstić information content (AvgIpc) is 3.17. The van der Waals surface area contributed by atoms with Gasteiger partial charge in [-0.15, -0.1) is 10.2 Å². The van der Waals surface area contributed by atoms with Crippen molar-refractivity contribution in [3.8, 4) is 0 Å². The van der Waals surface area contributed by atoms with Crippen molar-refractivity contribution in [3.05, 3.63) is 57.8 Å². The molecule has 1 atom stereocenters. The van der Waals surface area contributed by atoms with E-state index in [1.165, 1.54) is 11.3 Å². The summed E-state index contributed by atoms with van der Waals surface area (Å²) in [4.78, 5) is 12.5. The van der Waals surface area contributed by atoms with E-state index in [9.17, 15) is 4.79 Å². The SMILES string of the molecule is CNC(C(=O)Nc1nnc(Cc2cccc(Cl)c2)s1)c1cnn(C)c1. The Bertz CT molecular complexity index is 877. The molecule has 3 rings (SSSR count).